The molecule has 0 bridgehead atoms. The fourth-order valence-electron chi connectivity index (χ4n) is 2.05. The Morgan fingerprint density at radius 3 is 2.32 bits per heavy atom. The molecule has 2 N–H and O–H groups in total. The Hall–Kier alpha value is -1.70. The Bertz CT molecular complexity index is 868. The monoisotopic (exact) mass is 398 g/mol. The van der Waals surface area contributed by atoms with Crippen molar-refractivity contribution in [3.8, 4) is 0 Å². The molecule has 0 aliphatic heterocycles. The highest BCUT2D eigenvalue weighted by Crippen LogP contribution is 2.24. The number of benzene rings is 2. The van der Waals surface area contributed by atoms with Gasteiger partial charge in [-0.15, -0.1) is 0 Å². The highest BCUT2D eigenvalue weighted by atomic mass is 35.5. The molecule has 134 valence electrons. The van der Waals surface area contributed by atoms with Crippen molar-refractivity contribution in [2.24, 2.45) is 0 Å². The van der Waals surface area contributed by atoms with E-state index in [-0.39, 0.29) is 16.1 Å². The second-order valence-electron chi connectivity index (χ2n) is 5.46. The molecule has 5 nitrogen and oxygen atoms in total. The van der Waals surface area contributed by atoms with Crippen LogP contribution in [0, 0.1) is 6.92 Å². The molecule has 0 radical (unpaired) electrons. The molecule has 0 heterocycles. The van der Waals surface area contributed by atoms with Gasteiger partial charge in [0, 0.05) is 16.4 Å². The van der Waals surface area contributed by atoms with Gasteiger partial charge in [0.15, 0.2) is 0 Å². The van der Waals surface area contributed by atoms with E-state index in [1.165, 1.54) is 17.8 Å². The summed E-state index contributed by atoms with van der Waals surface area (Å²) < 4.78 is 27.9. The van der Waals surface area contributed by atoms with Gasteiger partial charge in [-0.1, -0.05) is 17.7 Å². The zero-order chi connectivity index (χ0) is 18.6. The zero-order valence-corrected chi connectivity index (χ0v) is 16.4. The summed E-state index contributed by atoms with van der Waals surface area (Å²) in [4.78, 5) is 12.1. The van der Waals surface area contributed by atoms with E-state index in [0.717, 1.165) is 0 Å². The number of carbonyl (C=O) groups is 1. The Morgan fingerprint density at radius 1 is 1.12 bits per heavy atom. The maximum absolute atomic E-state index is 12.7. The van der Waals surface area contributed by atoms with E-state index < -0.39 is 10.0 Å². The molecule has 0 spiro atoms. The number of halogens is 1. The van der Waals surface area contributed by atoms with E-state index in [2.05, 4.69) is 10.0 Å². The molecule has 0 aliphatic carbocycles. The molecule has 2 aromatic carbocycles. The largest absolute Gasteiger partial charge is 0.325 e. The molecule has 25 heavy (non-hydrogen) atoms. The first-order chi connectivity index (χ1) is 11.7. The smallest absolute Gasteiger partial charge is 0.262 e. The highest BCUT2D eigenvalue weighted by Gasteiger charge is 2.19. The summed E-state index contributed by atoms with van der Waals surface area (Å²) in [6, 6.07) is 11.2. The van der Waals surface area contributed by atoms with Crippen LogP contribution in [-0.4, -0.2) is 25.8 Å². The number of aryl methyl sites for hydroxylation is 1. The predicted molar refractivity (Wildman–Crippen MR) is 105 cm³/mol. The molecule has 0 fully saturated rings. The molecular formula is C17H19ClN2O3S2. The number of nitrogens with one attached hydrogen (secondary N) is 2. The molecule has 0 aromatic heterocycles. The van der Waals surface area contributed by atoms with Crippen molar-refractivity contribution in [1.29, 1.82) is 0 Å². The molecule has 0 saturated carbocycles. The highest BCUT2D eigenvalue weighted by molar-refractivity contribution is 7.99. The first kappa shape index (κ1) is 19.6. The summed E-state index contributed by atoms with van der Waals surface area (Å²) in [6.07, 6.45) is 1.84. The van der Waals surface area contributed by atoms with Crippen molar-refractivity contribution in [2.75, 3.05) is 16.3 Å². The van der Waals surface area contributed by atoms with Crippen LogP contribution >= 0.6 is 23.4 Å². The van der Waals surface area contributed by atoms with Crippen molar-refractivity contribution < 1.29 is 13.2 Å². The minimum absolute atomic E-state index is 0.108. The summed E-state index contributed by atoms with van der Waals surface area (Å²) in [7, 11) is -3.79. The Kier molecular flexibility index (Phi) is 6.37. The standard InChI is InChI=1S/C17H19ClN2O3S2/c1-11-4-7-15(19-17(21)12(2)24-3)10-16(11)25(22,23)20-14-8-5-13(18)6-9-14/h4-10,12,20H,1-3H3,(H,19,21). The maximum atomic E-state index is 12.7. The maximum Gasteiger partial charge on any atom is 0.262 e. The van der Waals surface area contributed by atoms with E-state index in [4.69, 9.17) is 11.6 Å². The van der Waals surface area contributed by atoms with E-state index >= 15 is 0 Å². The SMILES string of the molecule is CSC(C)C(=O)Nc1ccc(C)c(S(=O)(=O)Nc2ccc(Cl)cc2)c1. The molecule has 2 rings (SSSR count). The van der Waals surface area contributed by atoms with Gasteiger partial charge < -0.3 is 5.32 Å². The molecule has 1 unspecified atom stereocenters. The molecule has 8 heteroatoms. The topological polar surface area (TPSA) is 75.3 Å². The number of rotatable bonds is 6. The van der Waals surface area contributed by atoms with Gasteiger partial charge in [0.2, 0.25) is 5.91 Å². The molecule has 1 amide bonds. The lowest BCUT2D eigenvalue weighted by Gasteiger charge is -2.14. The first-order valence-corrected chi connectivity index (χ1v) is 10.6. The van der Waals surface area contributed by atoms with Gasteiger partial charge in [0.05, 0.1) is 10.1 Å². The average molecular weight is 399 g/mol. The summed E-state index contributed by atoms with van der Waals surface area (Å²) in [6.45, 7) is 3.49. The number of thioether (sulfide) groups is 1. The van der Waals surface area contributed by atoms with Gasteiger partial charge in [-0.2, -0.15) is 11.8 Å². The lowest BCUT2D eigenvalue weighted by molar-refractivity contribution is -0.115. The van der Waals surface area contributed by atoms with Gasteiger partial charge in [-0.25, -0.2) is 8.42 Å². The Morgan fingerprint density at radius 2 is 1.72 bits per heavy atom. The second kappa shape index (κ2) is 8.12. The Balaban J connectivity index is 2.29. The summed E-state index contributed by atoms with van der Waals surface area (Å²) >= 11 is 7.23. The van der Waals surface area contributed by atoms with Crippen LogP contribution in [0.2, 0.25) is 5.02 Å². The third-order valence-corrected chi connectivity index (χ3v) is 6.26. The van der Waals surface area contributed by atoms with Crippen LogP contribution in [0.25, 0.3) is 0 Å². The van der Waals surface area contributed by atoms with Crippen molar-refractivity contribution in [2.45, 2.75) is 24.0 Å². The number of carbonyl (C=O) groups excluding carboxylic acids is 1. The lowest BCUT2D eigenvalue weighted by Crippen LogP contribution is -2.22. The normalized spacial score (nSPS) is 12.5. The molecular weight excluding hydrogens is 380 g/mol. The fraction of sp³-hybridized carbons (Fsp3) is 0.235. The van der Waals surface area contributed by atoms with Crippen molar-refractivity contribution >= 4 is 50.7 Å². The average Bonchev–Trinajstić information content (AvgIpc) is 2.57. The van der Waals surface area contributed by atoms with E-state index in [1.807, 2.05) is 6.26 Å². The van der Waals surface area contributed by atoms with Crippen molar-refractivity contribution in [1.82, 2.24) is 0 Å². The molecule has 0 aliphatic rings. The van der Waals surface area contributed by atoms with Gasteiger partial charge in [-0.05, 0) is 62.1 Å². The fourth-order valence-corrected chi connectivity index (χ4v) is 3.78. The summed E-state index contributed by atoms with van der Waals surface area (Å²) in [5.41, 5.74) is 1.43. The first-order valence-electron chi connectivity index (χ1n) is 7.45. The summed E-state index contributed by atoms with van der Waals surface area (Å²) in [5, 5.41) is 3.03. The number of anilines is 2. The molecule has 1 atom stereocenters. The number of amides is 1. The van der Waals surface area contributed by atoms with E-state index in [1.54, 1.807) is 50.2 Å². The lowest BCUT2D eigenvalue weighted by atomic mass is 10.2. The van der Waals surface area contributed by atoms with Gasteiger partial charge in [0.1, 0.15) is 0 Å². The number of hydrogen-bond acceptors (Lipinski definition) is 4. The van der Waals surface area contributed by atoms with Crippen LogP contribution in [0.15, 0.2) is 47.4 Å². The van der Waals surface area contributed by atoms with E-state index in [9.17, 15) is 13.2 Å². The third-order valence-electron chi connectivity index (χ3n) is 3.56. The quantitative estimate of drug-likeness (QED) is 0.766. The van der Waals surface area contributed by atoms with Crippen LogP contribution in [0.1, 0.15) is 12.5 Å². The molecule has 2 aromatic rings. The van der Waals surface area contributed by atoms with Crippen molar-refractivity contribution in [3.63, 3.8) is 0 Å². The summed E-state index contributed by atoms with van der Waals surface area (Å²) in [5.74, 6) is -0.176. The number of hydrogen-bond donors (Lipinski definition) is 2. The minimum atomic E-state index is -3.79. The Labute approximate surface area is 157 Å². The minimum Gasteiger partial charge on any atom is -0.325 e. The van der Waals surface area contributed by atoms with Crippen LogP contribution < -0.4 is 10.0 Å². The third kappa shape index (κ3) is 5.14. The predicted octanol–water partition coefficient (Wildman–Crippen LogP) is 4.14. The van der Waals surface area contributed by atoms with Gasteiger partial charge >= 0.3 is 0 Å². The van der Waals surface area contributed by atoms with Gasteiger partial charge in [-0.3, -0.25) is 9.52 Å². The van der Waals surface area contributed by atoms with Crippen LogP contribution in [-0.2, 0) is 14.8 Å². The van der Waals surface area contributed by atoms with Crippen LogP contribution in [0.4, 0.5) is 11.4 Å². The second-order valence-corrected chi connectivity index (χ2v) is 8.73. The van der Waals surface area contributed by atoms with Crippen LogP contribution in [0.3, 0.4) is 0 Å². The number of sulfonamides is 1. The zero-order valence-electron chi connectivity index (χ0n) is 14.0. The van der Waals surface area contributed by atoms with Crippen LogP contribution in [0.5, 0.6) is 0 Å². The molecule has 0 saturated heterocycles. The van der Waals surface area contributed by atoms with Crippen molar-refractivity contribution in [3.05, 3.63) is 53.1 Å². The van der Waals surface area contributed by atoms with E-state index in [0.29, 0.717) is 22.0 Å². The van der Waals surface area contributed by atoms with Gasteiger partial charge in [0.25, 0.3) is 10.0 Å².